The third-order valence-corrected chi connectivity index (χ3v) is 7.49. The van der Waals surface area contributed by atoms with Crippen LogP contribution in [-0.4, -0.2) is 71.7 Å². The van der Waals surface area contributed by atoms with E-state index in [0.29, 0.717) is 5.95 Å². The highest BCUT2D eigenvalue weighted by molar-refractivity contribution is 5.82. The maximum Gasteiger partial charge on any atom is 0.231 e. The first-order valence-corrected chi connectivity index (χ1v) is 12.6. The minimum Gasteiger partial charge on any atom is -0.454 e. The van der Waals surface area contributed by atoms with Gasteiger partial charge in [0, 0.05) is 57.1 Å². The fraction of sp³-hybridized carbons (Fsp3) is 0.444. The topological polar surface area (TPSA) is 71.0 Å². The summed E-state index contributed by atoms with van der Waals surface area (Å²) in [6.07, 6.45) is 1.58. The predicted molar refractivity (Wildman–Crippen MR) is 134 cm³/mol. The number of carbonyl (C=O) groups excluding carboxylic acids is 1. The molecular formula is C27H30FN5O3. The standard InChI is InChI=1S/C27H30FN5O3/c1-18-22-15-21(28)3-4-23(22)30-27(29-18)33-8-6-20(7-9-33)26(34)32-12-10-31(11-13-32)16-19-2-5-24-25(14-19)36-17-35-24/h2-5,14-15,20H,6-13,16-17H2,1H3. The molecule has 0 bridgehead atoms. The van der Waals surface area contributed by atoms with Crippen molar-refractivity contribution < 1.29 is 18.7 Å². The van der Waals surface area contributed by atoms with E-state index < -0.39 is 0 Å². The Hall–Kier alpha value is -3.46. The molecule has 0 N–H and O–H groups in total. The summed E-state index contributed by atoms with van der Waals surface area (Å²) in [5, 5.41) is 0.737. The average molecular weight is 492 g/mol. The van der Waals surface area contributed by atoms with E-state index in [1.54, 1.807) is 6.07 Å². The highest BCUT2D eigenvalue weighted by atomic mass is 19.1. The lowest BCUT2D eigenvalue weighted by Crippen LogP contribution is -2.51. The third kappa shape index (κ3) is 4.55. The molecule has 2 saturated heterocycles. The Kier molecular flexibility index (Phi) is 6.08. The number of fused-ring (bicyclic) bond motifs is 2. The van der Waals surface area contributed by atoms with Crippen LogP contribution in [-0.2, 0) is 11.3 Å². The maximum atomic E-state index is 13.6. The zero-order valence-corrected chi connectivity index (χ0v) is 20.5. The SMILES string of the molecule is Cc1nc(N2CCC(C(=O)N3CCN(Cc4ccc5c(c4)OCO5)CC3)CC2)nc2ccc(F)cc12. The van der Waals surface area contributed by atoms with E-state index >= 15 is 0 Å². The Morgan fingerprint density at radius 3 is 2.56 bits per heavy atom. The van der Waals surface area contributed by atoms with Gasteiger partial charge in [0.2, 0.25) is 18.6 Å². The number of piperazine rings is 1. The first-order chi connectivity index (χ1) is 17.5. The van der Waals surface area contributed by atoms with Gasteiger partial charge < -0.3 is 19.3 Å². The lowest BCUT2D eigenvalue weighted by atomic mass is 9.95. The number of hydrogen-bond acceptors (Lipinski definition) is 7. The predicted octanol–water partition coefficient (Wildman–Crippen LogP) is 3.37. The molecule has 0 radical (unpaired) electrons. The number of nitrogens with zero attached hydrogens (tertiary/aromatic N) is 5. The van der Waals surface area contributed by atoms with Gasteiger partial charge in [-0.2, -0.15) is 0 Å². The van der Waals surface area contributed by atoms with E-state index in [4.69, 9.17) is 9.47 Å². The second kappa shape index (κ2) is 9.54. The number of rotatable bonds is 4. The highest BCUT2D eigenvalue weighted by Gasteiger charge is 2.31. The van der Waals surface area contributed by atoms with Crippen LogP contribution in [0.5, 0.6) is 11.5 Å². The maximum absolute atomic E-state index is 13.6. The van der Waals surface area contributed by atoms with Crippen LogP contribution in [0, 0.1) is 18.7 Å². The second-order valence-corrected chi connectivity index (χ2v) is 9.82. The molecule has 2 fully saturated rings. The molecule has 0 spiro atoms. The summed E-state index contributed by atoms with van der Waals surface area (Å²) in [5.41, 5.74) is 2.71. The molecule has 6 rings (SSSR count). The average Bonchev–Trinajstić information content (AvgIpc) is 3.37. The normalized spacial score (nSPS) is 18.7. The molecule has 0 unspecified atom stereocenters. The Labute approximate surface area is 209 Å². The number of piperidine rings is 1. The van der Waals surface area contributed by atoms with Crippen LogP contribution < -0.4 is 14.4 Å². The monoisotopic (exact) mass is 491 g/mol. The first kappa shape index (κ1) is 23.0. The van der Waals surface area contributed by atoms with Crippen LogP contribution in [0.25, 0.3) is 10.9 Å². The molecule has 3 aliphatic rings. The number of hydrogen-bond donors (Lipinski definition) is 0. The summed E-state index contributed by atoms with van der Waals surface area (Å²) in [6.45, 7) is 7.74. The molecule has 188 valence electrons. The summed E-state index contributed by atoms with van der Waals surface area (Å²) < 4.78 is 24.5. The number of anilines is 1. The van der Waals surface area contributed by atoms with Gasteiger partial charge in [-0.3, -0.25) is 9.69 Å². The molecule has 0 saturated carbocycles. The third-order valence-electron chi connectivity index (χ3n) is 7.49. The van der Waals surface area contributed by atoms with Gasteiger partial charge in [-0.05, 0) is 55.7 Å². The van der Waals surface area contributed by atoms with Crippen LogP contribution >= 0.6 is 0 Å². The Morgan fingerprint density at radius 1 is 0.972 bits per heavy atom. The fourth-order valence-electron chi connectivity index (χ4n) is 5.39. The zero-order chi connectivity index (χ0) is 24.6. The summed E-state index contributed by atoms with van der Waals surface area (Å²) in [7, 11) is 0. The van der Waals surface area contributed by atoms with Gasteiger partial charge >= 0.3 is 0 Å². The molecular weight excluding hydrogens is 461 g/mol. The zero-order valence-electron chi connectivity index (χ0n) is 20.5. The Bertz CT molecular complexity index is 1290. The van der Waals surface area contributed by atoms with E-state index in [-0.39, 0.29) is 24.4 Å². The molecule has 1 amide bonds. The van der Waals surface area contributed by atoms with Crippen molar-refractivity contribution in [2.45, 2.75) is 26.3 Å². The molecule has 1 aromatic heterocycles. The van der Waals surface area contributed by atoms with Crippen molar-refractivity contribution >= 4 is 22.8 Å². The summed E-state index contributed by atoms with van der Waals surface area (Å²) in [6, 6.07) is 10.7. The largest absolute Gasteiger partial charge is 0.454 e. The number of carbonyl (C=O) groups is 1. The fourth-order valence-corrected chi connectivity index (χ4v) is 5.39. The molecule has 9 heteroatoms. The van der Waals surface area contributed by atoms with E-state index in [0.717, 1.165) is 86.8 Å². The lowest BCUT2D eigenvalue weighted by Gasteiger charge is -2.38. The summed E-state index contributed by atoms with van der Waals surface area (Å²) in [5.74, 6) is 2.30. The van der Waals surface area contributed by atoms with Gasteiger partial charge in [0.25, 0.3) is 0 Å². The highest BCUT2D eigenvalue weighted by Crippen LogP contribution is 2.33. The van der Waals surface area contributed by atoms with Crippen molar-refractivity contribution in [1.82, 2.24) is 19.8 Å². The Balaban J connectivity index is 1.01. The van der Waals surface area contributed by atoms with Crippen LogP contribution in [0.3, 0.4) is 0 Å². The van der Waals surface area contributed by atoms with Crippen molar-refractivity contribution in [3.63, 3.8) is 0 Å². The molecule has 2 aromatic carbocycles. The van der Waals surface area contributed by atoms with Gasteiger partial charge in [-0.1, -0.05) is 6.07 Å². The van der Waals surface area contributed by atoms with Crippen LogP contribution in [0.15, 0.2) is 36.4 Å². The van der Waals surface area contributed by atoms with Gasteiger partial charge in [0.1, 0.15) is 5.82 Å². The van der Waals surface area contributed by atoms with E-state index in [1.165, 1.54) is 17.7 Å². The van der Waals surface area contributed by atoms with Crippen LogP contribution in [0.1, 0.15) is 24.1 Å². The quantitative estimate of drug-likeness (QED) is 0.554. The van der Waals surface area contributed by atoms with Crippen molar-refractivity contribution in [1.29, 1.82) is 0 Å². The minimum absolute atomic E-state index is 0.0392. The first-order valence-electron chi connectivity index (χ1n) is 12.6. The number of amides is 1. The molecule has 8 nitrogen and oxygen atoms in total. The molecule has 4 heterocycles. The van der Waals surface area contributed by atoms with E-state index in [2.05, 4.69) is 25.8 Å². The van der Waals surface area contributed by atoms with Gasteiger partial charge in [0.05, 0.1) is 11.2 Å². The lowest BCUT2D eigenvalue weighted by molar-refractivity contribution is -0.138. The van der Waals surface area contributed by atoms with Crippen LogP contribution in [0.4, 0.5) is 10.3 Å². The van der Waals surface area contributed by atoms with E-state index in [9.17, 15) is 9.18 Å². The van der Waals surface area contributed by atoms with Gasteiger partial charge in [0.15, 0.2) is 11.5 Å². The number of ether oxygens (including phenoxy) is 2. The Morgan fingerprint density at radius 2 is 1.75 bits per heavy atom. The minimum atomic E-state index is -0.282. The van der Waals surface area contributed by atoms with Crippen molar-refractivity contribution in [2.24, 2.45) is 5.92 Å². The van der Waals surface area contributed by atoms with Crippen molar-refractivity contribution in [3.8, 4) is 11.5 Å². The number of aryl methyl sites for hydroxylation is 1. The van der Waals surface area contributed by atoms with Crippen molar-refractivity contribution in [2.75, 3.05) is 51.0 Å². The second-order valence-electron chi connectivity index (χ2n) is 9.82. The van der Waals surface area contributed by atoms with E-state index in [1.807, 2.05) is 24.0 Å². The molecule has 0 aliphatic carbocycles. The van der Waals surface area contributed by atoms with Crippen LogP contribution in [0.2, 0.25) is 0 Å². The molecule has 3 aromatic rings. The molecule has 0 atom stereocenters. The smallest absolute Gasteiger partial charge is 0.231 e. The number of benzene rings is 2. The van der Waals surface area contributed by atoms with Crippen molar-refractivity contribution in [3.05, 3.63) is 53.5 Å². The molecule has 3 aliphatic heterocycles. The van der Waals surface area contributed by atoms with Gasteiger partial charge in [-0.25, -0.2) is 14.4 Å². The number of halogens is 1. The summed E-state index contributed by atoms with van der Waals surface area (Å²) in [4.78, 5) is 29.1. The van der Waals surface area contributed by atoms with Gasteiger partial charge in [-0.15, -0.1) is 0 Å². The number of aromatic nitrogens is 2. The molecule has 36 heavy (non-hydrogen) atoms. The summed E-state index contributed by atoms with van der Waals surface area (Å²) >= 11 is 0.